The van der Waals surface area contributed by atoms with E-state index in [0.29, 0.717) is 35.2 Å². The Balaban J connectivity index is 1.21. The van der Waals surface area contributed by atoms with E-state index in [4.69, 9.17) is 9.47 Å². The summed E-state index contributed by atoms with van der Waals surface area (Å²) in [6.07, 6.45) is 0. The van der Waals surface area contributed by atoms with Crippen molar-refractivity contribution >= 4 is 29.1 Å². The number of hydrogen-bond donors (Lipinski definition) is 1. The fourth-order valence-corrected chi connectivity index (χ4v) is 4.04. The molecule has 0 aromatic heterocycles. The summed E-state index contributed by atoms with van der Waals surface area (Å²) in [5.74, 6) is 0.617. The topological polar surface area (TPSA) is 113 Å². The number of fused-ring (bicyclic) bond motifs is 1. The molecular formula is C26H23N5O5. The number of carbonyl (C=O) groups excluding carboxylic acids is 3. The van der Waals surface area contributed by atoms with Crippen molar-refractivity contribution in [3.8, 4) is 17.2 Å². The molecule has 0 bridgehead atoms. The van der Waals surface area contributed by atoms with Gasteiger partial charge in [-0.25, -0.2) is 4.90 Å². The molecule has 3 amide bonds. The van der Waals surface area contributed by atoms with Gasteiger partial charge in [-0.1, -0.05) is 23.4 Å². The van der Waals surface area contributed by atoms with Gasteiger partial charge in [-0.3, -0.25) is 19.4 Å². The molecule has 0 aliphatic carbocycles. The second-order valence-corrected chi connectivity index (χ2v) is 8.12. The first-order valence-electron chi connectivity index (χ1n) is 11.4. The number of rotatable bonds is 8. The third kappa shape index (κ3) is 4.61. The average Bonchev–Trinajstić information content (AvgIpc) is 3.41. The third-order valence-corrected chi connectivity index (χ3v) is 5.69. The van der Waals surface area contributed by atoms with Crippen LogP contribution in [0.1, 0.15) is 6.92 Å². The quantitative estimate of drug-likeness (QED) is 0.486. The predicted octanol–water partition coefficient (Wildman–Crippen LogP) is 3.81. The van der Waals surface area contributed by atoms with Crippen LogP contribution in [-0.2, 0) is 14.4 Å². The summed E-state index contributed by atoms with van der Waals surface area (Å²) in [5, 5.41) is 11.9. The van der Waals surface area contributed by atoms with Crippen molar-refractivity contribution in [2.24, 2.45) is 10.3 Å². The van der Waals surface area contributed by atoms with E-state index in [9.17, 15) is 14.4 Å². The predicted molar refractivity (Wildman–Crippen MR) is 131 cm³/mol. The van der Waals surface area contributed by atoms with Crippen LogP contribution in [0.3, 0.4) is 0 Å². The fraction of sp³-hybridized carbons (Fsp3) is 0.192. The molecule has 2 aliphatic rings. The summed E-state index contributed by atoms with van der Waals surface area (Å²) in [6, 6.07) is 21.0. The van der Waals surface area contributed by atoms with Gasteiger partial charge in [0.25, 0.3) is 11.8 Å². The van der Waals surface area contributed by atoms with E-state index >= 15 is 0 Å². The maximum absolute atomic E-state index is 13.1. The van der Waals surface area contributed by atoms with Crippen LogP contribution in [0.4, 0.5) is 11.4 Å². The van der Waals surface area contributed by atoms with E-state index in [1.165, 1.54) is 5.01 Å². The number of anilines is 2. The lowest BCUT2D eigenvalue weighted by Gasteiger charge is -2.20. The molecule has 0 radical (unpaired) electrons. The molecule has 3 aromatic carbocycles. The van der Waals surface area contributed by atoms with Gasteiger partial charge in [-0.2, -0.15) is 5.11 Å². The first-order valence-corrected chi connectivity index (χ1v) is 11.4. The van der Waals surface area contributed by atoms with Crippen molar-refractivity contribution < 1.29 is 23.9 Å². The standard InChI is InChI=1S/C26H23N5O5/c1-2-35-19-14-10-18(11-15-19)31-25(33)23-24(26(31)34)30(29-28-23)16-22(32)27-17-8-12-21(13-9-17)36-20-6-4-3-5-7-20/h3-15,23-24H,2,16H2,1H3,(H,27,32)/t23-,24-/m1/s1. The van der Waals surface area contributed by atoms with Crippen LogP contribution in [-0.4, -0.2) is 48.0 Å². The zero-order valence-electron chi connectivity index (χ0n) is 19.4. The molecule has 0 saturated carbocycles. The summed E-state index contributed by atoms with van der Waals surface area (Å²) in [6.45, 7) is 2.14. The normalized spacial score (nSPS) is 18.4. The molecule has 5 rings (SSSR count). The van der Waals surface area contributed by atoms with Crippen LogP contribution >= 0.6 is 0 Å². The van der Waals surface area contributed by atoms with Gasteiger partial charge in [0.05, 0.1) is 12.3 Å². The molecule has 36 heavy (non-hydrogen) atoms. The molecule has 1 saturated heterocycles. The SMILES string of the molecule is CCOc1ccc(N2C(=O)[C@@H]3N=NN(CC(=O)Nc4ccc(Oc5ccccc5)cc4)[C@H]3C2=O)cc1. The van der Waals surface area contributed by atoms with Gasteiger partial charge in [0.2, 0.25) is 5.91 Å². The lowest BCUT2D eigenvalue weighted by atomic mass is 10.1. The van der Waals surface area contributed by atoms with Gasteiger partial charge in [0.15, 0.2) is 12.1 Å². The Labute approximate surface area is 207 Å². The molecule has 182 valence electrons. The highest BCUT2D eigenvalue weighted by Crippen LogP contribution is 2.32. The average molecular weight is 486 g/mol. The summed E-state index contributed by atoms with van der Waals surface area (Å²) in [5.41, 5.74) is 0.971. The van der Waals surface area contributed by atoms with Crippen LogP contribution < -0.4 is 19.7 Å². The molecule has 1 N–H and O–H groups in total. The first kappa shape index (κ1) is 23.0. The number of hydrogen-bond acceptors (Lipinski definition) is 8. The lowest BCUT2D eigenvalue weighted by Crippen LogP contribution is -2.43. The van der Waals surface area contributed by atoms with Crippen molar-refractivity contribution in [1.29, 1.82) is 0 Å². The van der Waals surface area contributed by atoms with Crippen molar-refractivity contribution in [3.05, 3.63) is 78.9 Å². The molecule has 2 atom stereocenters. The molecule has 2 aliphatic heterocycles. The van der Waals surface area contributed by atoms with E-state index in [0.717, 1.165) is 4.90 Å². The number of benzene rings is 3. The molecule has 2 heterocycles. The highest BCUT2D eigenvalue weighted by molar-refractivity contribution is 6.25. The third-order valence-electron chi connectivity index (χ3n) is 5.69. The number of carbonyl (C=O) groups is 3. The second-order valence-electron chi connectivity index (χ2n) is 8.12. The molecule has 1 fully saturated rings. The number of para-hydroxylation sites is 1. The number of imide groups is 1. The first-order chi connectivity index (χ1) is 17.5. The van der Waals surface area contributed by atoms with Crippen LogP contribution in [0.2, 0.25) is 0 Å². The van der Waals surface area contributed by atoms with Gasteiger partial charge in [0.1, 0.15) is 23.8 Å². The Bertz CT molecular complexity index is 1290. The van der Waals surface area contributed by atoms with Crippen molar-refractivity contribution in [2.45, 2.75) is 19.0 Å². The largest absolute Gasteiger partial charge is 0.494 e. The molecule has 3 aromatic rings. The smallest absolute Gasteiger partial charge is 0.263 e. The fourth-order valence-electron chi connectivity index (χ4n) is 4.04. The van der Waals surface area contributed by atoms with Crippen LogP contribution in [0.15, 0.2) is 89.2 Å². The van der Waals surface area contributed by atoms with Crippen molar-refractivity contribution in [3.63, 3.8) is 0 Å². The van der Waals surface area contributed by atoms with E-state index < -0.39 is 29.8 Å². The molecular weight excluding hydrogens is 462 g/mol. The highest BCUT2D eigenvalue weighted by Gasteiger charge is 2.55. The van der Waals surface area contributed by atoms with E-state index in [1.54, 1.807) is 48.5 Å². The minimum atomic E-state index is -0.980. The number of nitrogens with one attached hydrogen (secondary N) is 1. The van der Waals surface area contributed by atoms with Crippen LogP contribution in [0, 0.1) is 0 Å². The number of nitrogens with zero attached hydrogens (tertiary/aromatic N) is 4. The number of amides is 3. The minimum absolute atomic E-state index is 0.233. The van der Waals surface area contributed by atoms with Crippen LogP contribution in [0.25, 0.3) is 0 Å². The van der Waals surface area contributed by atoms with Gasteiger partial charge in [-0.05, 0) is 67.6 Å². The van der Waals surface area contributed by atoms with Crippen LogP contribution in [0.5, 0.6) is 17.2 Å². The second kappa shape index (κ2) is 9.87. The molecule has 0 unspecified atom stereocenters. The summed E-state index contributed by atoms with van der Waals surface area (Å²) >= 11 is 0. The number of ether oxygens (including phenoxy) is 2. The lowest BCUT2D eigenvalue weighted by molar-refractivity contribution is -0.123. The Morgan fingerprint density at radius 3 is 2.25 bits per heavy atom. The maximum Gasteiger partial charge on any atom is 0.263 e. The molecule has 10 heteroatoms. The summed E-state index contributed by atoms with van der Waals surface area (Å²) in [7, 11) is 0. The van der Waals surface area contributed by atoms with Crippen molar-refractivity contribution in [1.82, 2.24) is 5.01 Å². The summed E-state index contributed by atoms with van der Waals surface area (Å²) < 4.78 is 11.2. The van der Waals surface area contributed by atoms with Crippen molar-refractivity contribution in [2.75, 3.05) is 23.4 Å². The van der Waals surface area contributed by atoms with Gasteiger partial charge in [0, 0.05) is 5.69 Å². The Hall–Kier alpha value is -4.73. The van der Waals surface area contributed by atoms with Gasteiger partial charge in [-0.15, -0.1) is 0 Å². The molecule has 0 spiro atoms. The highest BCUT2D eigenvalue weighted by atomic mass is 16.5. The zero-order valence-corrected chi connectivity index (χ0v) is 19.4. The summed E-state index contributed by atoms with van der Waals surface area (Å²) in [4.78, 5) is 39.7. The minimum Gasteiger partial charge on any atom is -0.494 e. The molecule has 10 nitrogen and oxygen atoms in total. The maximum atomic E-state index is 13.1. The Morgan fingerprint density at radius 2 is 1.56 bits per heavy atom. The van der Waals surface area contributed by atoms with E-state index in [-0.39, 0.29) is 6.54 Å². The Morgan fingerprint density at radius 1 is 0.889 bits per heavy atom. The zero-order chi connectivity index (χ0) is 25.1. The van der Waals surface area contributed by atoms with E-state index in [1.807, 2.05) is 37.3 Å². The van der Waals surface area contributed by atoms with Gasteiger partial charge < -0.3 is 14.8 Å². The van der Waals surface area contributed by atoms with Gasteiger partial charge >= 0.3 is 0 Å². The van der Waals surface area contributed by atoms with E-state index in [2.05, 4.69) is 15.7 Å². The monoisotopic (exact) mass is 485 g/mol. The Kier molecular flexibility index (Phi) is 6.31.